The van der Waals surface area contributed by atoms with Gasteiger partial charge in [-0.2, -0.15) is 5.26 Å². The van der Waals surface area contributed by atoms with E-state index in [1.54, 1.807) is 0 Å². The van der Waals surface area contributed by atoms with Crippen molar-refractivity contribution in [2.45, 2.75) is 12.5 Å². The van der Waals surface area contributed by atoms with Crippen LogP contribution < -0.4 is 5.32 Å². The number of aromatic nitrogens is 1. The third-order valence-electron chi connectivity index (χ3n) is 2.40. The highest BCUT2D eigenvalue weighted by atomic mass is 32.1. The SMILES string of the molecule is N#Cc1cnc(NC2CCN(C(=O)O)C2)s1. The molecular weight excluding hydrogens is 228 g/mol. The number of hydrogen-bond acceptors (Lipinski definition) is 5. The quantitative estimate of drug-likeness (QED) is 0.807. The smallest absolute Gasteiger partial charge is 0.407 e. The van der Waals surface area contributed by atoms with Crippen LogP contribution in [0.25, 0.3) is 0 Å². The van der Waals surface area contributed by atoms with Gasteiger partial charge in [-0.3, -0.25) is 0 Å². The second-order valence-corrected chi connectivity index (χ2v) is 4.53. The fourth-order valence-corrected chi connectivity index (χ4v) is 2.31. The number of anilines is 1. The molecule has 7 heteroatoms. The van der Waals surface area contributed by atoms with E-state index in [2.05, 4.69) is 10.3 Å². The van der Waals surface area contributed by atoms with E-state index in [1.165, 1.54) is 22.4 Å². The Morgan fingerprint density at radius 1 is 1.81 bits per heavy atom. The lowest BCUT2D eigenvalue weighted by Gasteiger charge is -2.12. The van der Waals surface area contributed by atoms with E-state index in [4.69, 9.17) is 10.4 Å². The van der Waals surface area contributed by atoms with Crippen LogP contribution in [0.4, 0.5) is 9.93 Å². The molecule has 0 aromatic carbocycles. The van der Waals surface area contributed by atoms with E-state index in [-0.39, 0.29) is 6.04 Å². The Hall–Kier alpha value is -1.81. The fourth-order valence-electron chi connectivity index (χ4n) is 1.62. The van der Waals surface area contributed by atoms with Gasteiger partial charge in [-0.05, 0) is 6.42 Å². The third-order valence-corrected chi connectivity index (χ3v) is 3.24. The van der Waals surface area contributed by atoms with Gasteiger partial charge in [0.25, 0.3) is 0 Å². The molecule has 2 N–H and O–H groups in total. The first-order valence-corrected chi connectivity index (χ1v) is 5.61. The highest BCUT2D eigenvalue weighted by Gasteiger charge is 2.26. The van der Waals surface area contributed by atoms with Crippen LogP contribution in [-0.2, 0) is 0 Å². The molecule has 0 aliphatic carbocycles. The van der Waals surface area contributed by atoms with Crippen LogP contribution in [0.5, 0.6) is 0 Å². The predicted octanol–water partition coefficient (Wildman–Crippen LogP) is 1.18. The molecule has 6 nitrogen and oxygen atoms in total. The molecule has 2 heterocycles. The van der Waals surface area contributed by atoms with E-state index < -0.39 is 6.09 Å². The van der Waals surface area contributed by atoms with Crippen molar-refractivity contribution in [3.05, 3.63) is 11.1 Å². The molecular formula is C9H10N4O2S. The number of thiazole rings is 1. The molecule has 1 fully saturated rings. The number of amides is 1. The summed E-state index contributed by atoms with van der Waals surface area (Å²) in [6, 6.07) is 2.10. The average molecular weight is 238 g/mol. The van der Waals surface area contributed by atoms with E-state index >= 15 is 0 Å². The summed E-state index contributed by atoms with van der Waals surface area (Å²) in [6.45, 7) is 1.01. The minimum Gasteiger partial charge on any atom is -0.465 e. The minimum atomic E-state index is -0.888. The molecule has 1 aromatic rings. The Morgan fingerprint density at radius 2 is 2.62 bits per heavy atom. The van der Waals surface area contributed by atoms with Crippen molar-refractivity contribution >= 4 is 22.6 Å². The Kier molecular flexibility index (Phi) is 2.92. The molecule has 0 radical (unpaired) electrons. The molecule has 84 valence electrons. The third kappa shape index (κ3) is 2.23. The second-order valence-electron chi connectivity index (χ2n) is 3.50. The molecule has 1 aliphatic rings. The number of carbonyl (C=O) groups is 1. The van der Waals surface area contributed by atoms with Gasteiger partial charge in [0.15, 0.2) is 5.13 Å². The van der Waals surface area contributed by atoms with Crippen molar-refractivity contribution in [3.8, 4) is 6.07 Å². The summed E-state index contributed by atoms with van der Waals surface area (Å²) in [5.41, 5.74) is 0. The van der Waals surface area contributed by atoms with Gasteiger partial charge in [0.1, 0.15) is 10.9 Å². The van der Waals surface area contributed by atoms with Gasteiger partial charge in [-0.15, -0.1) is 0 Å². The van der Waals surface area contributed by atoms with Gasteiger partial charge in [-0.1, -0.05) is 11.3 Å². The molecule has 1 aliphatic heterocycles. The molecule has 0 bridgehead atoms. The first-order valence-electron chi connectivity index (χ1n) is 4.79. The molecule has 1 atom stereocenters. The molecule has 1 aromatic heterocycles. The average Bonchev–Trinajstić information content (AvgIpc) is 2.87. The second kappa shape index (κ2) is 4.37. The predicted molar refractivity (Wildman–Crippen MR) is 58.5 cm³/mol. The summed E-state index contributed by atoms with van der Waals surface area (Å²) in [6.07, 6.45) is 1.39. The van der Waals surface area contributed by atoms with Crippen LogP contribution in [0.1, 0.15) is 11.3 Å². The number of nitrogens with one attached hydrogen (secondary N) is 1. The van der Waals surface area contributed by atoms with Gasteiger partial charge < -0.3 is 15.3 Å². The molecule has 1 unspecified atom stereocenters. The highest BCUT2D eigenvalue weighted by molar-refractivity contribution is 7.16. The summed E-state index contributed by atoms with van der Waals surface area (Å²) in [5.74, 6) is 0. The molecule has 1 amide bonds. The normalized spacial score (nSPS) is 19.4. The van der Waals surface area contributed by atoms with Crippen LogP contribution in [0.3, 0.4) is 0 Å². The van der Waals surface area contributed by atoms with Crippen molar-refractivity contribution in [2.24, 2.45) is 0 Å². The Morgan fingerprint density at radius 3 is 3.19 bits per heavy atom. The van der Waals surface area contributed by atoms with Gasteiger partial charge in [0, 0.05) is 19.1 Å². The lowest BCUT2D eigenvalue weighted by atomic mass is 10.3. The first-order chi connectivity index (χ1) is 7.69. The monoisotopic (exact) mass is 238 g/mol. The van der Waals surface area contributed by atoms with Crippen molar-refractivity contribution in [3.63, 3.8) is 0 Å². The minimum absolute atomic E-state index is 0.0915. The zero-order valence-electron chi connectivity index (χ0n) is 8.38. The number of rotatable bonds is 2. The molecule has 16 heavy (non-hydrogen) atoms. The number of likely N-dealkylation sites (tertiary alicyclic amines) is 1. The zero-order chi connectivity index (χ0) is 11.5. The van der Waals surface area contributed by atoms with E-state index in [9.17, 15) is 4.79 Å². The summed E-state index contributed by atoms with van der Waals surface area (Å²) < 4.78 is 0. The Bertz CT molecular complexity index is 439. The Balaban J connectivity index is 1.92. The molecule has 2 rings (SSSR count). The number of hydrogen-bond donors (Lipinski definition) is 2. The summed E-state index contributed by atoms with van der Waals surface area (Å²) >= 11 is 1.28. The summed E-state index contributed by atoms with van der Waals surface area (Å²) in [7, 11) is 0. The van der Waals surface area contributed by atoms with Crippen molar-refractivity contribution in [1.29, 1.82) is 5.26 Å². The standard InChI is InChI=1S/C9H10N4O2S/c10-3-7-4-11-8(16-7)12-6-1-2-13(5-6)9(14)15/h4,6H,1-2,5H2,(H,11,12)(H,14,15). The highest BCUT2D eigenvalue weighted by Crippen LogP contribution is 2.20. The topological polar surface area (TPSA) is 89.3 Å². The van der Waals surface area contributed by atoms with Gasteiger partial charge in [-0.25, -0.2) is 9.78 Å². The van der Waals surface area contributed by atoms with Gasteiger partial charge in [0.2, 0.25) is 0 Å². The first kappa shape index (κ1) is 10.7. The van der Waals surface area contributed by atoms with Gasteiger partial charge >= 0.3 is 6.09 Å². The van der Waals surface area contributed by atoms with Crippen molar-refractivity contribution in [2.75, 3.05) is 18.4 Å². The van der Waals surface area contributed by atoms with Crippen LogP contribution in [0.2, 0.25) is 0 Å². The number of nitrogens with zero attached hydrogens (tertiary/aromatic N) is 3. The van der Waals surface area contributed by atoms with Crippen LogP contribution in [0, 0.1) is 11.3 Å². The molecule has 0 spiro atoms. The van der Waals surface area contributed by atoms with Crippen molar-refractivity contribution < 1.29 is 9.90 Å². The number of carboxylic acid groups (broad SMARTS) is 1. The van der Waals surface area contributed by atoms with E-state index in [1.807, 2.05) is 6.07 Å². The van der Waals surface area contributed by atoms with Crippen LogP contribution >= 0.6 is 11.3 Å². The largest absolute Gasteiger partial charge is 0.465 e. The van der Waals surface area contributed by atoms with Crippen molar-refractivity contribution in [1.82, 2.24) is 9.88 Å². The van der Waals surface area contributed by atoms with E-state index in [0.717, 1.165) is 6.42 Å². The lowest BCUT2D eigenvalue weighted by Crippen LogP contribution is -2.30. The summed E-state index contributed by atoms with van der Waals surface area (Å²) in [5, 5.41) is 21.2. The lowest BCUT2D eigenvalue weighted by molar-refractivity contribution is 0.155. The van der Waals surface area contributed by atoms with Crippen LogP contribution in [0.15, 0.2) is 6.20 Å². The molecule has 0 saturated carbocycles. The zero-order valence-corrected chi connectivity index (χ0v) is 9.20. The maximum atomic E-state index is 10.7. The van der Waals surface area contributed by atoms with E-state index in [0.29, 0.717) is 23.1 Å². The maximum absolute atomic E-state index is 10.7. The molecule has 1 saturated heterocycles. The fraction of sp³-hybridized carbons (Fsp3) is 0.444. The van der Waals surface area contributed by atoms with Gasteiger partial charge in [0.05, 0.1) is 6.20 Å². The maximum Gasteiger partial charge on any atom is 0.407 e. The van der Waals surface area contributed by atoms with Crippen LogP contribution in [-0.4, -0.2) is 40.2 Å². The number of nitriles is 1. The Labute approximate surface area is 96.1 Å². The summed E-state index contributed by atoms with van der Waals surface area (Å²) in [4.78, 5) is 16.7.